The molecule has 0 bridgehead atoms. The maximum absolute atomic E-state index is 11.0. The Balaban J connectivity index is 2.73. The molecule has 1 aromatic rings. The molecule has 0 aromatic heterocycles. The second kappa shape index (κ2) is 3.67. The highest BCUT2D eigenvalue weighted by atomic mass is 16.4. The van der Waals surface area contributed by atoms with E-state index in [2.05, 4.69) is 0 Å². The monoisotopic (exact) mass is 163 g/mol. The maximum Gasteiger partial charge on any atom is 0.168 e. The summed E-state index contributed by atoms with van der Waals surface area (Å²) < 4.78 is 0. The molecule has 12 heavy (non-hydrogen) atoms. The fourth-order valence-electron chi connectivity index (χ4n) is 0.857. The third kappa shape index (κ3) is 2.20. The molecule has 0 aliphatic rings. The van der Waals surface area contributed by atoms with Crippen LogP contribution in [0.3, 0.4) is 0 Å². The zero-order chi connectivity index (χ0) is 8.97. The Bertz CT molecular complexity index is 290. The molecule has 0 saturated carbocycles. The third-order valence-corrected chi connectivity index (χ3v) is 1.40. The van der Waals surface area contributed by atoms with E-state index in [0.29, 0.717) is 5.56 Å². The highest BCUT2D eigenvalue weighted by Crippen LogP contribution is 2.01. The predicted molar refractivity (Wildman–Crippen MR) is 40.4 cm³/mol. The van der Waals surface area contributed by atoms with Crippen molar-refractivity contribution >= 4 is 11.8 Å². The number of ketones is 1. The number of carbonyl (C=O) groups excluding carboxylic acids is 2. The van der Waals surface area contributed by atoms with Crippen molar-refractivity contribution in [2.24, 2.45) is 0 Å². The molecule has 3 heteroatoms. The van der Waals surface area contributed by atoms with E-state index in [1.807, 2.05) is 0 Å². The van der Waals surface area contributed by atoms with E-state index < -0.39 is 18.2 Å². The van der Waals surface area contributed by atoms with E-state index >= 15 is 0 Å². The summed E-state index contributed by atoms with van der Waals surface area (Å²) in [6.07, 6.45) is -0.552. The number of rotatable bonds is 3. The first-order valence-electron chi connectivity index (χ1n) is 3.48. The van der Waals surface area contributed by atoms with Crippen LogP contribution in [0.5, 0.6) is 0 Å². The zero-order valence-electron chi connectivity index (χ0n) is 6.32. The second-order valence-electron chi connectivity index (χ2n) is 2.34. The van der Waals surface area contributed by atoms with Crippen LogP contribution in [-0.4, -0.2) is 11.8 Å². The van der Waals surface area contributed by atoms with Gasteiger partial charge < -0.3 is 9.90 Å². The lowest BCUT2D eigenvalue weighted by molar-refractivity contribution is -0.304. The van der Waals surface area contributed by atoms with Gasteiger partial charge in [0.15, 0.2) is 5.78 Å². The third-order valence-electron chi connectivity index (χ3n) is 1.40. The van der Waals surface area contributed by atoms with Gasteiger partial charge in [0.05, 0.1) is 6.42 Å². The molecule has 0 heterocycles. The molecular weight excluding hydrogens is 156 g/mol. The van der Waals surface area contributed by atoms with Gasteiger partial charge in [0.2, 0.25) is 0 Å². The minimum atomic E-state index is -1.34. The van der Waals surface area contributed by atoms with Crippen LogP contribution in [0.25, 0.3) is 0 Å². The number of hydrogen-bond acceptors (Lipinski definition) is 3. The summed E-state index contributed by atoms with van der Waals surface area (Å²) in [7, 11) is 0. The van der Waals surface area contributed by atoms with Crippen molar-refractivity contribution in [1.82, 2.24) is 0 Å². The summed E-state index contributed by atoms with van der Waals surface area (Å²) in [5.41, 5.74) is 0.404. The van der Waals surface area contributed by atoms with Crippen LogP contribution in [0.1, 0.15) is 16.8 Å². The Kier molecular flexibility index (Phi) is 2.58. The summed E-state index contributed by atoms with van der Waals surface area (Å²) in [4.78, 5) is 21.1. The quantitative estimate of drug-likeness (QED) is 0.466. The standard InChI is InChI=1S/C9H8O3/c10-8(6-9(11)12)7-4-2-1-3-5-7/h1-5H,6H2,(H,11,12)/p-1. The van der Waals surface area contributed by atoms with Crippen LogP contribution in [0.15, 0.2) is 30.3 Å². The van der Waals surface area contributed by atoms with Crippen LogP contribution < -0.4 is 5.11 Å². The van der Waals surface area contributed by atoms with Crippen LogP contribution in [0.2, 0.25) is 0 Å². The van der Waals surface area contributed by atoms with E-state index in [4.69, 9.17) is 0 Å². The Morgan fingerprint density at radius 2 is 1.75 bits per heavy atom. The fraction of sp³-hybridized carbons (Fsp3) is 0.111. The Hall–Kier alpha value is -1.64. The first-order valence-corrected chi connectivity index (χ1v) is 3.48. The lowest BCUT2D eigenvalue weighted by Crippen LogP contribution is -2.25. The molecule has 0 aliphatic heterocycles. The minimum absolute atomic E-state index is 0.404. The highest BCUT2D eigenvalue weighted by molar-refractivity contribution is 6.04. The second-order valence-corrected chi connectivity index (χ2v) is 2.34. The summed E-state index contributed by atoms with van der Waals surface area (Å²) in [6.45, 7) is 0. The summed E-state index contributed by atoms with van der Waals surface area (Å²) in [5, 5.41) is 10.1. The smallest absolute Gasteiger partial charge is 0.168 e. The van der Waals surface area contributed by atoms with Gasteiger partial charge in [0.1, 0.15) is 0 Å². The van der Waals surface area contributed by atoms with Gasteiger partial charge in [-0.1, -0.05) is 30.3 Å². The van der Waals surface area contributed by atoms with Gasteiger partial charge in [0, 0.05) is 11.5 Å². The number of aliphatic carboxylic acids is 1. The van der Waals surface area contributed by atoms with Crippen LogP contribution in [-0.2, 0) is 4.79 Å². The van der Waals surface area contributed by atoms with Gasteiger partial charge >= 0.3 is 0 Å². The SMILES string of the molecule is O=C([O-])CC(=O)c1ccccc1. The van der Waals surface area contributed by atoms with Crippen molar-refractivity contribution in [3.8, 4) is 0 Å². The maximum atomic E-state index is 11.0. The molecule has 0 unspecified atom stereocenters. The van der Waals surface area contributed by atoms with Gasteiger partial charge in [0.25, 0.3) is 0 Å². The van der Waals surface area contributed by atoms with Crippen molar-refractivity contribution in [2.75, 3.05) is 0 Å². The highest BCUT2D eigenvalue weighted by Gasteiger charge is 2.03. The molecule has 0 aliphatic carbocycles. The van der Waals surface area contributed by atoms with E-state index in [9.17, 15) is 14.7 Å². The predicted octanol–water partition coefficient (Wildman–Crippen LogP) is 0.00930. The van der Waals surface area contributed by atoms with Crippen molar-refractivity contribution in [3.63, 3.8) is 0 Å². The van der Waals surface area contributed by atoms with Gasteiger partial charge in [-0.25, -0.2) is 0 Å². The van der Waals surface area contributed by atoms with Gasteiger partial charge in [-0.2, -0.15) is 0 Å². The molecule has 0 N–H and O–H groups in total. The van der Waals surface area contributed by atoms with E-state index in [-0.39, 0.29) is 0 Å². The number of benzene rings is 1. The molecule has 3 nitrogen and oxygen atoms in total. The fourth-order valence-corrected chi connectivity index (χ4v) is 0.857. The van der Waals surface area contributed by atoms with Crippen LogP contribution >= 0.6 is 0 Å². The number of carbonyl (C=O) groups is 2. The van der Waals surface area contributed by atoms with Crippen LogP contribution in [0, 0.1) is 0 Å². The van der Waals surface area contributed by atoms with Crippen molar-refractivity contribution in [2.45, 2.75) is 6.42 Å². The molecule has 0 spiro atoms. The molecule has 1 aromatic carbocycles. The normalized spacial score (nSPS) is 9.33. The Morgan fingerprint density at radius 3 is 2.25 bits per heavy atom. The van der Waals surface area contributed by atoms with E-state index in [0.717, 1.165) is 0 Å². The van der Waals surface area contributed by atoms with Gasteiger partial charge in [-0.3, -0.25) is 4.79 Å². The molecule has 1 rings (SSSR count). The summed E-state index contributed by atoms with van der Waals surface area (Å²) in [6, 6.07) is 8.28. The average Bonchev–Trinajstić information content (AvgIpc) is 2.05. The molecule has 0 atom stereocenters. The first kappa shape index (κ1) is 8.46. The number of hydrogen-bond donors (Lipinski definition) is 0. The lowest BCUT2D eigenvalue weighted by Gasteiger charge is -2.00. The summed E-state index contributed by atoms with van der Waals surface area (Å²) >= 11 is 0. The van der Waals surface area contributed by atoms with E-state index in [1.165, 1.54) is 0 Å². The molecule has 0 amide bonds. The number of carboxylic acid groups (broad SMARTS) is 1. The molecule has 62 valence electrons. The average molecular weight is 163 g/mol. The van der Waals surface area contributed by atoms with Gasteiger partial charge in [-0.05, 0) is 0 Å². The van der Waals surface area contributed by atoms with E-state index in [1.54, 1.807) is 30.3 Å². The van der Waals surface area contributed by atoms with Crippen molar-refractivity contribution in [3.05, 3.63) is 35.9 Å². The Labute approximate surface area is 69.6 Å². The van der Waals surface area contributed by atoms with Crippen molar-refractivity contribution in [1.29, 1.82) is 0 Å². The number of Topliss-reactive ketones (excluding diaryl/α,β-unsaturated/α-hetero) is 1. The Morgan fingerprint density at radius 1 is 1.17 bits per heavy atom. The van der Waals surface area contributed by atoms with Crippen LogP contribution in [0.4, 0.5) is 0 Å². The molecule has 0 saturated heterocycles. The minimum Gasteiger partial charge on any atom is -0.550 e. The van der Waals surface area contributed by atoms with Gasteiger partial charge in [-0.15, -0.1) is 0 Å². The number of carboxylic acids is 1. The zero-order valence-corrected chi connectivity index (χ0v) is 6.32. The molecule has 0 fully saturated rings. The first-order chi connectivity index (χ1) is 5.70. The molecular formula is C9H7O3-. The largest absolute Gasteiger partial charge is 0.550 e. The van der Waals surface area contributed by atoms with Crippen molar-refractivity contribution < 1.29 is 14.7 Å². The molecule has 0 radical (unpaired) electrons. The summed E-state index contributed by atoms with van der Waals surface area (Å²) in [5.74, 6) is -1.76. The topological polar surface area (TPSA) is 57.2 Å². The lowest BCUT2D eigenvalue weighted by atomic mass is 10.1.